The second kappa shape index (κ2) is 7.19. The largest absolute Gasteiger partial charge is 0.398 e. The zero-order chi connectivity index (χ0) is 15.2. The monoisotopic (exact) mass is 313 g/mol. The molecule has 0 radical (unpaired) electrons. The molecule has 5 N–H and O–H groups in total. The van der Waals surface area contributed by atoms with Crippen LogP contribution in [0, 0.1) is 12.3 Å². The summed E-state index contributed by atoms with van der Waals surface area (Å²) in [4.78, 5) is 10.9. The average Bonchev–Trinajstić information content (AvgIpc) is 2.37. The summed E-state index contributed by atoms with van der Waals surface area (Å²) < 4.78 is 26.4. The van der Waals surface area contributed by atoms with E-state index >= 15 is 0 Å². The predicted octanol–water partition coefficient (Wildman–Crippen LogP) is 0.0124. The molecule has 1 amide bonds. The molecule has 108 valence electrons. The molecule has 0 spiro atoms. The number of sulfonamides is 1. The fraction of sp³-hybridized carbons (Fsp3) is 0.250. The molecule has 0 aliphatic heterocycles. The van der Waals surface area contributed by atoms with E-state index in [1.54, 1.807) is 0 Å². The topological polar surface area (TPSA) is 115 Å². The Labute approximate surface area is 122 Å². The van der Waals surface area contributed by atoms with Crippen LogP contribution < -0.4 is 16.2 Å². The number of nitrogens with two attached hydrogens (primary N) is 2. The third kappa shape index (κ3) is 4.45. The fourth-order valence-electron chi connectivity index (χ4n) is 1.40. The molecule has 0 aliphatic carbocycles. The van der Waals surface area contributed by atoms with Gasteiger partial charge in [0, 0.05) is 17.9 Å². The lowest BCUT2D eigenvalue weighted by Gasteiger charge is -2.09. The first-order valence-corrected chi connectivity index (χ1v) is 8.22. The minimum Gasteiger partial charge on any atom is -0.398 e. The lowest BCUT2D eigenvalue weighted by atomic mass is 10.2. The number of benzene rings is 1. The molecule has 8 heteroatoms. The number of primary amides is 1. The van der Waals surface area contributed by atoms with Crippen LogP contribution in [0.25, 0.3) is 0 Å². The highest BCUT2D eigenvalue weighted by molar-refractivity contribution is 7.99. The summed E-state index contributed by atoms with van der Waals surface area (Å²) in [5, 5.41) is 0. The Morgan fingerprint density at radius 3 is 2.70 bits per heavy atom. The van der Waals surface area contributed by atoms with Crippen LogP contribution >= 0.6 is 11.8 Å². The molecule has 0 saturated carbocycles. The van der Waals surface area contributed by atoms with Crippen LogP contribution in [0.3, 0.4) is 0 Å². The van der Waals surface area contributed by atoms with Crippen LogP contribution in [0.1, 0.15) is 10.4 Å². The number of anilines is 1. The summed E-state index contributed by atoms with van der Waals surface area (Å²) in [7, 11) is -3.71. The van der Waals surface area contributed by atoms with Crippen LogP contribution in [0.4, 0.5) is 5.69 Å². The van der Waals surface area contributed by atoms with Crippen molar-refractivity contribution in [1.82, 2.24) is 4.72 Å². The van der Waals surface area contributed by atoms with Gasteiger partial charge < -0.3 is 11.5 Å². The van der Waals surface area contributed by atoms with E-state index in [9.17, 15) is 13.2 Å². The van der Waals surface area contributed by atoms with Crippen LogP contribution in [0.5, 0.6) is 0 Å². The van der Waals surface area contributed by atoms with E-state index in [0.717, 1.165) is 0 Å². The maximum Gasteiger partial charge on any atom is 0.248 e. The van der Waals surface area contributed by atoms with Gasteiger partial charge in [0.15, 0.2) is 0 Å². The van der Waals surface area contributed by atoms with E-state index in [0.29, 0.717) is 11.5 Å². The Morgan fingerprint density at radius 2 is 2.15 bits per heavy atom. The summed E-state index contributed by atoms with van der Waals surface area (Å²) in [6, 6.07) is 3.82. The molecule has 20 heavy (non-hydrogen) atoms. The number of rotatable bonds is 7. The van der Waals surface area contributed by atoms with Crippen molar-refractivity contribution in [3.63, 3.8) is 0 Å². The quantitative estimate of drug-likeness (QED) is 0.373. The number of nitrogens with one attached hydrogen (secondary N) is 1. The first-order chi connectivity index (χ1) is 9.38. The minimum atomic E-state index is -3.71. The van der Waals surface area contributed by atoms with E-state index in [2.05, 4.69) is 10.6 Å². The number of hydrogen-bond acceptors (Lipinski definition) is 5. The first kappa shape index (κ1) is 16.4. The minimum absolute atomic E-state index is 0.0231. The molecule has 6 nitrogen and oxygen atoms in total. The van der Waals surface area contributed by atoms with Crippen LogP contribution in [-0.2, 0) is 10.0 Å². The second-order valence-electron chi connectivity index (χ2n) is 3.77. The van der Waals surface area contributed by atoms with Gasteiger partial charge >= 0.3 is 0 Å². The molecule has 1 aromatic rings. The molecule has 0 heterocycles. The molecule has 0 aromatic heterocycles. The van der Waals surface area contributed by atoms with E-state index in [1.807, 2.05) is 0 Å². The van der Waals surface area contributed by atoms with Crippen molar-refractivity contribution in [2.24, 2.45) is 5.73 Å². The Balaban J connectivity index is 2.78. The van der Waals surface area contributed by atoms with Crippen LogP contribution in [-0.4, -0.2) is 32.4 Å². The zero-order valence-electron chi connectivity index (χ0n) is 10.6. The third-order valence-corrected chi connectivity index (χ3v) is 4.71. The Morgan fingerprint density at radius 1 is 1.45 bits per heavy atom. The number of hydrogen-bond donors (Lipinski definition) is 3. The van der Waals surface area contributed by atoms with Gasteiger partial charge in [-0.1, -0.05) is 5.92 Å². The van der Waals surface area contributed by atoms with Crippen molar-refractivity contribution in [2.45, 2.75) is 4.90 Å². The number of carbonyl (C=O) groups excluding carboxylic acids is 1. The third-order valence-electron chi connectivity index (χ3n) is 2.31. The Hall–Kier alpha value is -1.69. The van der Waals surface area contributed by atoms with Gasteiger partial charge in [-0.15, -0.1) is 18.2 Å². The summed E-state index contributed by atoms with van der Waals surface area (Å²) in [5.74, 6) is 2.86. The highest BCUT2D eigenvalue weighted by Gasteiger charge is 2.17. The van der Waals surface area contributed by atoms with E-state index < -0.39 is 15.9 Å². The summed E-state index contributed by atoms with van der Waals surface area (Å²) in [6.45, 7) is 0.242. The summed E-state index contributed by atoms with van der Waals surface area (Å²) >= 11 is 1.44. The number of carbonyl (C=O) groups is 1. The van der Waals surface area contributed by atoms with Crippen molar-refractivity contribution in [3.05, 3.63) is 23.8 Å². The van der Waals surface area contributed by atoms with Crippen molar-refractivity contribution in [3.8, 4) is 12.3 Å². The van der Waals surface area contributed by atoms with Crippen molar-refractivity contribution in [2.75, 3.05) is 23.8 Å². The highest BCUT2D eigenvalue weighted by atomic mass is 32.2. The molecule has 1 rings (SSSR count). The molecule has 0 aliphatic rings. The summed E-state index contributed by atoms with van der Waals surface area (Å²) in [5.41, 5.74) is 10.9. The molecule has 0 atom stereocenters. The van der Waals surface area contributed by atoms with Crippen LogP contribution in [0.15, 0.2) is 23.1 Å². The first-order valence-electron chi connectivity index (χ1n) is 5.58. The average molecular weight is 313 g/mol. The molecular weight excluding hydrogens is 298 g/mol. The molecule has 0 bridgehead atoms. The van der Waals surface area contributed by atoms with Crippen LogP contribution in [0.2, 0.25) is 0 Å². The van der Waals surface area contributed by atoms with Gasteiger partial charge in [-0.25, -0.2) is 13.1 Å². The Kier molecular flexibility index (Phi) is 5.88. The molecule has 1 aromatic carbocycles. The maximum absolute atomic E-state index is 12.0. The van der Waals surface area contributed by atoms with E-state index in [1.165, 1.54) is 30.0 Å². The van der Waals surface area contributed by atoms with E-state index in [4.69, 9.17) is 17.9 Å². The molecule has 0 unspecified atom stereocenters. The normalized spacial score (nSPS) is 10.9. The van der Waals surface area contributed by atoms with Gasteiger partial charge in [-0.2, -0.15) is 0 Å². The van der Waals surface area contributed by atoms with Gasteiger partial charge in [0.2, 0.25) is 15.9 Å². The molecule has 0 saturated heterocycles. The smallest absolute Gasteiger partial charge is 0.248 e. The zero-order valence-corrected chi connectivity index (χ0v) is 12.3. The highest BCUT2D eigenvalue weighted by Crippen LogP contribution is 2.19. The van der Waals surface area contributed by atoms with Crippen molar-refractivity contribution >= 4 is 33.4 Å². The lowest BCUT2D eigenvalue weighted by Crippen LogP contribution is -2.27. The Bertz CT molecular complexity index is 636. The molecular formula is C12H15N3O3S2. The van der Waals surface area contributed by atoms with Gasteiger partial charge in [0.05, 0.1) is 11.4 Å². The number of thioether (sulfide) groups is 1. The number of amides is 1. The van der Waals surface area contributed by atoms with Crippen molar-refractivity contribution < 1.29 is 13.2 Å². The molecule has 0 fully saturated rings. The SMILES string of the molecule is C#CCSCCNS(=O)(=O)c1ccc(C(N)=O)cc1N. The fourth-order valence-corrected chi connectivity index (χ4v) is 3.18. The van der Waals surface area contributed by atoms with E-state index in [-0.39, 0.29) is 22.7 Å². The standard InChI is InChI=1S/C12H15N3O3S2/c1-2-6-19-7-5-15-20(17,18)11-4-3-9(12(14)16)8-10(11)13/h1,3-4,8,15H,5-7,13H2,(H2,14,16). The lowest BCUT2D eigenvalue weighted by molar-refractivity contribution is 0.1000. The summed E-state index contributed by atoms with van der Waals surface area (Å²) in [6.07, 6.45) is 5.08. The number of nitrogen functional groups attached to an aromatic ring is 1. The van der Waals surface area contributed by atoms with Gasteiger partial charge in [-0.3, -0.25) is 4.79 Å². The van der Waals surface area contributed by atoms with Gasteiger partial charge in [0.1, 0.15) is 4.90 Å². The predicted molar refractivity (Wildman–Crippen MR) is 80.7 cm³/mol. The van der Waals surface area contributed by atoms with Crippen molar-refractivity contribution in [1.29, 1.82) is 0 Å². The number of terminal acetylenes is 1. The van der Waals surface area contributed by atoms with Gasteiger partial charge in [-0.05, 0) is 18.2 Å². The second-order valence-corrected chi connectivity index (χ2v) is 6.61. The maximum atomic E-state index is 12.0. The van der Waals surface area contributed by atoms with Gasteiger partial charge in [0.25, 0.3) is 0 Å².